The van der Waals surface area contributed by atoms with Gasteiger partial charge in [0, 0.05) is 6.54 Å². The van der Waals surface area contributed by atoms with E-state index in [9.17, 15) is 0 Å². The summed E-state index contributed by atoms with van der Waals surface area (Å²) >= 11 is 1.58. The van der Waals surface area contributed by atoms with E-state index in [1.165, 1.54) is 17.8 Å². The molecule has 0 spiro atoms. The third-order valence-electron chi connectivity index (χ3n) is 1.74. The minimum absolute atomic E-state index is 0.995. The molecule has 0 saturated heterocycles. The van der Waals surface area contributed by atoms with Crippen molar-refractivity contribution in [3.05, 3.63) is 11.2 Å². The maximum atomic E-state index is 4.14. The van der Waals surface area contributed by atoms with E-state index in [1.807, 2.05) is 0 Å². The zero-order chi connectivity index (χ0) is 8.81. The zero-order valence-corrected chi connectivity index (χ0v) is 8.50. The van der Waals surface area contributed by atoms with Gasteiger partial charge in [0.05, 0.1) is 5.69 Å². The number of aromatic nitrogens is 1. The molecule has 0 aliphatic heterocycles. The molecule has 0 unspecified atom stereocenters. The quantitative estimate of drug-likeness (QED) is 0.710. The molecular weight excluding hydrogens is 168 g/mol. The van der Waals surface area contributed by atoms with E-state index in [4.69, 9.17) is 0 Å². The number of aryl methyl sites for hydroxylation is 1. The molecule has 0 bridgehead atoms. The molecule has 0 saturated carbocycles. The summed E-state index contributed by atoms with van der Waals surface area (Å²) in [4.78, 5) is 4.14. The van der Waals surface area contributed by atoms with E-state index >= 15 is 0 Å². The van der Waals surface area contributed by atoms with Gasteiger partial charge in [-0.2, -0.15) is 0 Å². The summed E-state index contributed by atoms with van der Waals surface area (Å²) in [6.07, 6.45) is 3.45. The third-order valence-corrected chi connectivity index (χ3v) is 2.51. The average molecular weight is 183 g/mol. The van der Waals surface area contributed by atoms with E-state index in [0.29, 0.717) is 0 Å². The highest BCUT2D eigenvalue weighted by molar-refractivity contribution is 7.13. The molecule has 1 N–H and O–H groups in total. The predicted octanol–water partition coefficient (Wildman–Crippen LogP) is 2.72. The maximum Gasteiger partial charge on any atom is 0.154 e. The Morgan fingerprint density at radius 1 is 1.50 bits per heavy atom. The Balaban J connectivity index is 2.39. The van der Waals surface area contributed by atoms with Crippen LogP contribution in [-0.2, 0) is 6.42 Å². The van der Waals surface area contributed by atoms with Crippen LogP contribution >= 0.6 is 11.3 Å². The van der Waals surface area contributed by atoms with Crippen molar-refractivity contribution in [2.24, 2.45) is 0 Å². The Labute approximate surface area is 78.0 Å². The number of hydrogen-bond donors (Lipinski definition) is 1. The largest absolute Gasteiger partial charge is 0.375 e. The maximum absolute atomic E-state index is 4.14. The Morgan fingerprint density at radius 2 is 2.33 bits per heavy atom. The van der Waals surface area contributed by atoms with Gasteiger partial charge in [-0.1, -0.05) is 31.6 Å². The van der Waals surface area contributed by atoms with Crippen LogP contribution in [0.3, 0.4) is 0 Å². The fourth-order valence-corrected chi connectivity index (χ4v) is 1.72. The van der Waals surface area contributed by atoms with Crippen LogP contribution in [0.15, 0.2) is 0 Å². The summed E-state index contributed by atoms with van der Waals surface area (Å²) in [5.74, 6) is 0. The van der Waals surface area contributed by atoms with E-state index in [0.717, 1.165) is 18.7 Å². The van der Waals surface area contributed by atoms with Crippen molar-refractivity contribution in [2.45, 2.75) is 33.1 Å². The van der Waals surface area contributed by atoms with E-state index < -0.39 is 0 Å². The van der Waals surface area contributed by atoms with Crippen LogP contribution in [0.5, 0.6) is 0 Å². The van der Waals surface area contributed by atoms with Gasteiger partial charge in [-0.25, -0.2) is 4.98 Å². The van der Waals surface area contributed by atoms with Crippen molar-refractivity contribution >= 4 is 16.3 Å². The Hall–Kier alpha value is -0.570. The number of anilines is 1. The van der Waals surface area contributed by atoms with Gasteiger partial charge in [0.15, 0.2) is 5.51 Å². The molecule has 0 atom stereocenters. The molecule has 12 heavy (non-hydrogen) atoms. The van der Waals surface area contributed by atoms with Gasteiger partial charge in [-0.05, 0) is 12.8 Å². The van der Waals surface area contributed by atoms with Crippen LogP contribution in [0.25, 0.3) is 0 Å². The highest BCUT2D eigenvalue weighted by Gasteiger charge is 2.01. The summed E-state index contributed by atoms with van der Waals surface area (Å²) in [7, 11) is 0. The topological polar surface area (TPSA) is 24.9 Å². The number of thiazole rings is 1. The zero-order valence-electron chi connectivity index (χ0n) is 7.68. The molecule has 1 heterocycles. The molecule has 0 fully saturated rings. The first kappa shape index (κ1) is 9.52. The molecule has 0 aliphatic carbocycles. The Bertz CT molecular complexity index is 220. The molecule has 3 heteroatoms. The van der Waals surface area contributed by atoms with Gasteiger partial charge >= 0.3 is 0 Å². The molecule has 1 rings (SSSR count). The van der Waals surface area contributed by atoms with Crippen LogP contribution in [-0.4, -0.2) is 11.5 Å². The molecule has 2 nitrogen and oxygen atoms in total. The smallest absolute Gasteiger partial charge is 0.154 e. The van der Waals surface area contributed by atoms with Gasteiger partial charge in [0.2, 0.25) is 0 Å². The lowest BCUT2D eigenvalue weighted by atomic mass is 10.3. The fraction of sp³-hybridized carbons (Fsp3) is 0.667. The fourth-order valence-electron chi connectivity index (χ4n) is 0.990. The standard InChI is InChI=1S/C9H15N2S/c1-3-5-6-10-9-8(4-2)11-7-12-9/h10H,3-6H2,1-2H3. The highest BCUT2D eigenvalue weighted by atomic mass is 32.1. The van der Waals surface area contributed by atoms with Gasteiger partial charge in [0.1, 0.15) is 5.00 Å². The summed E-state index contributed by atoms with van der Waals surface area (Å²) in [5.41, 5.74) is 4.05. The highest BCUT2D eigenvalue weighted by Crippen LogP contribution is 2.19. The Morgan fingerprint density at radius 3 is 3.00 bits per heavy atom. The molecule has 67 valence electrons. The van der Waals surface area contributed by atoms with Crippen molar-refractivity contribution in [1.29, 1.82) is 0 Å². The number of hydrogen-bond acceptors (Lipinski definition) is 3. The lowest BCUT2D eigenvalue weighted by Crippen LogP contribution is -2.01. The van der Waals surface area contributed by atoms with Crippen LogP contribution in [0, 0.1) is 5.51 Å². The van der Waals surface area contributed by atoms with E-state index in [1.54, 1.807) is 11.3 Å². The number of rotatable bonds is 5. The van der Waals surface area contributed by atoms with Crippen LogP contribution < -0.4 is 5.32 Å². The summed E-state index contributed by atoms with van der Waals surface area (Å²) in [6, 6.07) is 0. The van der Waals surface area contributed by atoms with Crippen molar-refractivity contribution < 1.29 is 0 Å². The van der Waals surface area contributed by atoms with Gasteiger partial charge < -0.3 is 5.32 Å². The van der Waals surface area contributed by atoms with Crippen molar-refractivity contribution in [3.8, 4) is 0 Å². The lowest BCUT2D eigenvalue weighted by Gasteiger charge is -2.02. The third kappa shape index (κ3) is 2.48. The van der Waals surface area contributed by atoms with Crippen molar-refractivity contribution in [1.82, 2.24) is 4.98 Å². The second kappa shape index (κ2) is 5.14. The number of unbranched alkanes of at least 4 members (excludes halogenated alkanes) is 1. The first-order chi connectivity index (χ1) is 5.88. The summed E-state index contributed by atoms with van der Waals surface area (Å²) in [5, 5.41) is 4.57. The Kier molecular flexibility index (Phi) is 4.08. The van der Waals surface area contributed by atoms with Crippen LogP contribution in [0.4, 0.5) is 5.00 Å². The van der Waals surface area contributed by atoms with Gasteiger partial charge in [0.25, 0.3) is 0 Å². The van der Waals surface area contributed by atoms with Crippen LogP contribution in [0.1, 0.15) is 32.4 Å². The molecule has 1 radical (unpaired) electrons. The number of nitrogens with one attached hydrogen (secondary N) is 1. The SMILES string of the molecule is CCCCNc1s[c]nc1CC. The lowest BCUT2D eigenvalue weighted by molar-refractivity contribution is 0.834. The monoisotopic (exact) mass is 183 g/mol. The van der Waals surface area contributed by atoms with E-state index in [-0.39, 0.29) is 0 Å². The van der Waals surface area contributed by atoms with Crippen molar-refractivity contribution in [3.63, 3.8) is 0 Å². The normalized spacial score (nSPS) is 10.2. The molecule has 0 aliphatic rings. The molecule has 1 aromatic heterocycles. The molecule has 1 aromatic rings. The average Bonchev–Trinajstić information content (AvgIpc) is 2.52. The van der Waals surface area contributed by atoms with Gasteiger partial charge in [-0.3, -0.25) is 0 Å². The second-order valence-corrected chi connectivity index (χ2v) is 3.51. The minimum atomic E-state index is 0.995. The minimum Gasteiger partial charge on any atom is -0.375 e. The first-order valence-corrected chi connectivity index (χ1v) is 5.29. The van der Waals surface area contributed by atoms with Crippen molar-refractivity contribution in [2.75, 3.05) is 11.9 Å². The first-order valence-electron chi connectivity index (χ1n) is 4.48. The molecule has 0 amide bonds. The predicted molar refractivity (Wildman–Crippen MR) is 53.7 cm³/mol. The summed E-state index contributed by atoms with van der Waals surface area (Å²) < 4.78 is 0. The molecule has 0 aromatic carbocycles. The number of nitrogens with zero attached hydrogens (tertiary/aromatic N) is 1. The molecular formula is C9H15N2S. The van der Waals surface area contributed by atoms with E-state index in [2.05, 4.69) is 29.7 Å². The van der Waals surface area contributed by atoms with Gasteiger partial charge in [-0.15, -0.1) is 0 Å². The van der Waals surface area contributed by atoms with Crippen LogP contribution in [0.2, 0.25) is 0 Å². The summed E-state index contributed by atoms with van der Waals surface area (Å²) in [6.45, 7) is 5.37. The second-order valence-electron chi connectivity index (χ2n) is 2.71.